The number of terminal acetylenes is 1. The van der Waals surface area contributed by atoms with E-state index in [1.54, 1.807) is 0 Å². The molecule has 0 spiro atoms. The topological polar surface area (TPSA) is 90.0 Å². The van der Waals surface area contributed by atoms with Crippen LogP contribution in [0.25, 0.3) is 0 Å². The SMILES string of the molecule is C#CCN(CC(=O)O)C(=O)N1CCC(NC(C)=O)C1. The molecule has 0 aliphatic carbocycles. The molecule has 0 radical (unpaired) electrons. The minimum atomic E-state index is -1.11. The molecule has 1 aliphatic rings. The minimum absolute atomic E-state index is 0.0492. The van der Waals surface area contributed by atoms with E-state index in [-0.39, 0.29) is 18.5 Å². The zero-order valence-electron chi connectivity index (χ0n) is 10.8. The molecule has 0 saturated carbocycles. The molecule has 1 atom stereocenters. The summed E-state index contributed by atoms with van der Waals surface area (Å²) in [7, 11) is 0. The summed E-state index contributed by atoms with van der Waals surface area (Å²) in [4.78, 5) is 36.3. The molecule has 7 nitrogen and oxygen atoms in total. The van der Waals surface area contributed by atoms with Gasteiger partial charge in [-0.15, -0.1) is 6.42 Å². The average molecular weight is 267 g/mol. The molecule has 7 heteroatoms. The molecule has 104 valence electrons. The van der Waals surface area contributed by atoms with Crippen molar-refractivity contribution in [1.82, 2.24) is 15.1 Å². The summed E-state index contributed by atoms with van der Waals surface area (Å²) >= 11 is 0. The first-order valence-electron chi connectivity index (χ1n) is 5.90. The van der Waals surface area contributed by atoms with Gasteiger partial charge < -0.3 is 20.2 Å². The Morgan fingerprint density at radius 3 is 2.74 bits per heavy atom. The van der Waals surface area contributed by atoms with Gasteiger partial charge in [0.2, 0.25) is 5.91 Å². The van der Waals surface area contributed by atoms with Crippen LogP contribution >= 0.6 is 0 Å². The Morgan fingerprint density at radius 2 is 2.21 bits per heavy atom. The molecule has 1 unspecified atom stereocenters. The number of urea groups is 1. The highest BCUT2D eigenvalue weighted by Gasteiger charge is 2.30. The summed E-state index contributed by atoms with van der Waals surface area (Å²) in [6, 6.07) is -0.493. The molecule has 1 heterocycles. The quantitative estimate of drug-likeness (QED) is 0.661. The van der Waals surface area contributed by atoms with Crippen LogP contribution in [-0.4, -0.2) is 65.0 Å². The molecular formula is C12H17N3O4. The molecule has 3 amide bonds. The zero-order valence-corrected chi connectivity index (χ0v) is 10.8. The van der Waals surface area contributed by atoms with Crippen molar-refractivity contribution in [2.45, 2.75) is 19.4 Å². The van der Waals surface area contributed by atoms with Gasteiger partial charge in [-0.25, -0.2) is 4.79 Å². The maximum atomic E-state index is 12.1. The number of carboxylic acids is 1. The zero-order chi connectivity index (χ0) is 14.4. The number of rotatable bonds is 4. The predicted molar refractivity (Wildman–Crippen MR) is 67.2 cm³/mol. The molecule has 0 bridgehead atoms. The second kappa shape index (κ2) is 6.64. The fraction of sp³-hybridized carbons (Fsp3) is 0.583. The highest BCUT2D eigenvalue weighted by molar-refractivity contribution is 5.81. The van der Waals surface area contributed by atoms with Crippen molar-refractivity contribution in [3.63, 3.8) is 0 Å². The van der Waals surface area contributed by atoms with E-state index in [1.807, 2.05) is 0 Å². The number of likely N-dealkylation sites (tertiary alicyclic amines) is 1. The van der Waals surface area contributed by atoms with Crippen molar-refractivity contribution in [3.8, 4) is 12.3 Å². The lowest BCUT2D eigenvalue weighted by molar-refractivity contribution is -0.137. The summed E-state index contributed by atoms with van der Waals surface area (Å²) in [6.07, 6.45) is 5.78. The van der Waals surface area contributed by atoms with Crippen LogP contribution < -0.4 is 5.32 Å². The van der Waals surface area contributed by atoms with Gasteiger partial charge in [-0.05, 0) is 6.42 Å². The standard InChI is InChI=1S/C12H17N3O4/c1-3-5-14(8-11(17)18)12(19)15-6-4-10(7-15)13-9(2)16/h1,10H,4-8H2,2H3,(H,13,16)(H,17,18). The van der Waals surface area contributed by atoms with E-state index in [9.17, 15) is 14.4 Å². The molecule has 0 aromatic carbocycles. The van der Waals surface area contributed by atoms with Crippen molar-refractivity contribution in [2.24, 2.45) is 0 Å². The Labute approximate surface area is 111 Å². The second-order valence-electron chi connectivity index (χ2n) is 4.37. The van der Waals surface area contributed by atoms with Gasteiger partial charge in [0.25, 0.3) is 0 Å². The van der Waals surface area contributed by atoms with Gasteiger partial charge in [-0.2, -0.15) is 0 Å². The Morgan fingerprint density at radius 1 is 1.53 bits per heavy atom. The fourth-order valence-electron chi connectivity index (χ4n) is 2.00. The lowest BCUT2D eigenvalue weighted by Crippen LogP contribution is -2.46. The lowest BCUT2D eigenvalue weighted by Gasteiger charge is -2.25. The number of carbonyl (C=O) groups is 3. The Bertz CT molecular complexity index is 416. The molecule has 1 aliphatic heterocycles. The summed E-state index contributed by atoms with van der Waals surface area (Å²) in [5.74, 6) is 1.01. The van der Waals surface area contributed by atoms with Gasteiger partial charge in [0.15, 0.2) is 0 Å². The first-order valence-corrected chi connectivity index (χ1v) is 5.90. The normalized spacial score (nSPS) is 17.7. The summed E-state index contributed by atoms with van der Waals surface area (Å²) in [5.41, 5.74) is 0. The van der Waals surface area contributed by atoms with E-state index in [4.69, 9.17) is 11.5 Å². The summed E-state index contributed by atoms with van der Waals surface area (Å²) < 4.78 is 0. The third-order valence-corrected chi connectivity index (χ3v) is 2.74. The number of carbonyl (C=O) groups excluding carboxylic acids is 2. The van der Waals surface area contributed by atoms with E-state index >= 15 is 0 Å². The number of hydrogen-bond donors (Lipinski definition) is 2. The van der Waals surface area contributed by atoms with E-state index in [0.29, 0.717) is 19.5 Å². The first kappa shape index (κ1) is 14.8. The number of nitrogens with one attached hydrogen (secondary N) is 1. The van der Waals surface area contributed by atoms with Gasteiger partial charge in [-0.1, -0.05) is 5.92 Å². The van der Waals surface area contributed by atoms with Gasteiger partial charge in [0.1, 0.15) is 6.54 Å². The van der Waals surface area contributed by atoms with E-state index < -0.39 is 18.5 Å². The number of nitrogens with zero attached hydrogens (tertiary/aromatic N) is 2. The van der Waals surface area contributed by atoms with E-state index in [1.165, 1.54) is 11.8 Å². The Kier molecular flexibility index (Phi) is 5.18. The molecule has 19 heavy (non-hydrogen) atoms. The van der Waals surface area contributed by atoms with Gasteiger partial charge in [0, 0.05) is 26.1 Å². The molecular weight excluding hydrogens is 250 g/mol. The molecule has 0 aromatic heterocycles. The van der Waals surface area contributed by atoms with Crippen LogP contribution in [0, 0.1) is 12.3 Å². The first-order chi connectivity index (χ1) is 8.93. The molecule has 2 N–H and O–H groups in total. The van der Waals surface area contributed by atoms with Crippen molar-refractivity contribution >= 4 is 17.9 Å². The Hall–Kier alpha value is -2.23. The van der Waals surface area contributed by atoms with Crippen LogP contribution in [-0.2, 0) is 9.59 Å². The van der Waals surface area contributed by atoms with Gasteiger partial charge in [-0.3, -0.25) is 9.59 Å². The third kappa shape index (κ3) is 4.50. The summed E-state index contributed by atoms with van der Waals surface area (Å²) in [5, 5.41) is 11.5. The number of aliphatic carboxylic acids is 1. The van der Waals surface area contributed by atoms with E-state index in [0.717, 1.165) is 4.90 Å². The second-order valence-corrected chi connectivity index (χ2v) is 4.37. The monoisotopic (exact) mass is 267 g/mol. The maximum absolute atomic E-state index is 12.1. The van der Waals surface area contributed by atoms with Crippen molar-refractivity contribution in [2.75, 3.05) is 26.2 Å². The Balaban J connectivity index is 2.58. The maximum Gasteiger partial charge on any atom is 0.323 e. The van der Waals surface area contributed by atoms with Crippen LogP contribution in [0.3, 0.4) is 0 Å². The minimum Gasteiger partial charge on any atom is -0.480 e. The van der Waals surface area contributed by atoms with E-state index in [2.05, 4.69) is 11.2 Å². The summed E-state index contributed by atoms with van der Waals surface area (Å²) in [6.45, 7) is 1.79. The predicted octanol–water partition coefficient (Wildman–Crippen LogP) is -0.663. The highest BCUT2D eigenvalue weighted by atomic mass is 16.4. The number of amides is 3. The smallest absolute Gasteiger partial charge is 0.323 e. The van der Waals surface area contributed by atoms with Gasteiger partial charge >= 0.3 is 12.0 Å². The van der Waals surface area contributed by atoms with Crippen LogP contribution in [0.5, 0.6) is 0 Å². The van der Waals surface area contributed by atoms with Gasteiger partial charge in [0.05, 0.1) is 6.54 Å². The third-order valence-electron chi connectivity index (χ3n) is 2.74. The highest BCUT2D eigenvalue weighted by Crippen LogP contribution is 2.11. The molecule has 1 saturated heterocycles. The molecule has 1 rings (SSSR count). The fourth-order valence-corrected chi connectivity index (χ4v) is 2.00. The lowest BCUT2D eigenvalue weighted by atomic mass is 10.3. The van der Waals surface area contributed by atoms with Crippen molar-refractivity contribution < 1.29 is 19.5 Å². The van der Waals surface area contributed by atoms with Crippen molar-refractivity contribution in [3.05, 3.63) is 0 Å². The number of hydrogen-bond acceptors (Lipinski definition) is 3. The van der Waals surface area contributed by atoms with Crippen LogP contribution in [0.15, 0.2) is 0 Å². The van der Waals surface area contributed by atoms with Crippen LogP contribution in [0.4, 0.5) is 4.79 Å². The molecule has 1 fully saturated rings. The molecule has 0 aromatic rings. The number of carboxylic acid groups (broad SMARTS) is 1. The largest absolute Gasteiger partial charge is 0.480 e. The average Bonchev–Trinajstić information content (AvgIpc) is 2.74. The van der Waals surface area contributed by atoms with Crippen LogP contribution in [0.1, 0.15) is 13.3 Å². The van der Waals surface area contributed by atoms with Crippen LogP contribution in [0.2, 0.25) is 0 Å². The van der Waals surface area contributed by atoms with Crippen molar-refractivity contribution in [1.29, 1.82) is 0 Å².